The maximum Gasteiger partial charge on any atom is 0.241 e. The summed E-state index contributed by atoms with van der Waals surface area (Å²) in [6, 6.07) is 4.80. The molecule has 0 aliphatic heterocycles. The molecule has 0 saturated heterocycles. The Labute approximate surface area is 122 Å². The van der Waals surface area contributed by atoms with E-state index in [1.54, 1.807) is 19.1 Å². The van der Waals surface area contributed by atoms with E-state index in [0.29, 0.717) is 11.1 Å². The van der Waals surface area contributed by atoms with E-state index in [0.717, 1.165) is 6.39 Å². The summed E-state index contributed by atoms with van der Waals surface area (Å²) in [6.45, 7) is 1.34. The van der Waals surface area contributed by atoms with Crippen molar-refractivity contribution in [2.24, 2.45) is 0 Å². The molecule has 0 aliphatic carbocycles. The van der Waals surface area contributed by atoms with Crippen molar-refractivity contribution in [3.8, 4) is 11.8 Å². The molecule has 1 aromatic heterocycles. The summed E-state index contributed by atoms with van der Waals surface area (Å²) in [4.78, 5) is 3.86. The molecule has 2 N–H and O–H groups in total. The van der Waals surface area contributed by atoms with Crippen LogP contribution in [0, 0.1) is 18.8 Å². The minimum atomic E-state index is -3.72. The molecule has 0 atom stereocenters. The monoisotopic (exact) mass is 307 g/mol. The molecule has 1 heterocycles. The summed E-state index contributed by atoms with van der Waals surface area (Å²) < 4.78 is 31.5. The fourth-order valence-electron chi connectivity index (χ4n) is 1.62. The number of aliphatic hydroxyl groups is 1. The van der Waals surface area contributed by atoms with E-state index in [4.69, 9.17) is 5.11 Å². The summed E-state index contributed by atoms with van der Waals surface area (Å²) in [5.74, 6) is 5.39. The van der Waals surface area contributed by atoms with Crippen LogP contribution >= 0.6 is 0 Å². The van der Waals surface area contributed by atoms with Gasteiger partial charge in [-0.2, -0.15) is 4.98 Å². The van der Waals surface area contributed by atoms with E-state index in [1.165, 1.54) is 6.07 Å². The lowest BCUT2D eigenvalue weighted by Crippen LogP contribution is -2.24. The number of rotatable bonds is 4. The predicted octanol–water partition coefficient (Wildman–Crippen LogP) is 0.200. The van der Waals surface area contributed by atoms with Crippen molar-refractivity contribution in [3.05, 3.63) is 41.5 Å². The normalized spacial score (nSPS) is 11.0. The average Bonchev–Trinajstić information content (AvgIpc) is 2.97. The molecule has 7 nitrogen and oxygen atoms in total. The minimum absolute atomic E-state index is 0.0647. The number of aryl methyl sites for hydroxylation is 1. The van der Waals surface area contributed by atoms with Crippen LogP contribution in [0.5, 0.6) is 0 Å². The molecule has 0 aliphatic rings. The van der Waals surface area contributed by atoms with Crippen molar-refractivity contribution in [1.82, 2.24) is 14.9 Å². The Bertz CT molecular complexity index is 773. The molecule has 2 aromatic rings. The maximum absolute atomic E-state index is 12.3. The lowest BCUT2D eigenvalue weighted by molar-refractivity contribution is 0.350. The van der Waals surface area contributed by atoms with E-state index in [9.17, 15) is 8.42 Å². The molecule has 2 rings (SSSR count). The van der Waals surface area contributed by atoms with Gasteiger partial charge in [-0.3, -0.25) is 0 Å². The second kappa shape index (κ2) is 6.49. The van der Waals surface area contributed by atoms with Crippen LogP contribution in [0.25, 0.3) is 0 Å². The van der Waals surface area contributed by atoms with Crippen LogP contribution in [0.4, 0.5) is 0 Å². The first kappa shape index (κ1) is 15.2. The first-order valence-electron chi connectivity index (χ1n) is 5.98. The topological polar surface area (TPSA) is 105 Å². The number of aliphatic hydroxyl groups excluding tert-OH is 1. The SMILES string of the molecule is Cc1ccc(C#CCO)cc1S(=O)(=O)NCc1ncon1. The Hall–Kier alpha value is -2.21. The number of aromatic nitrogens is 2. The first-order valence-corrected chi connectivity index (χ1v) is 7.46. The zero-order valence-corrected chi connectivity index (χ0v) is 12.0. The summed E-state index contributed by atoms with van der Waals surface area (Å²) in [6.07, 6.45) is 1.12. The highest BCUT2D eigenvalue weighted by Gasteiger charge is 2.17. The van der Waals surface area contributed by atoms with Gasteiger partial charge in [-0.05, 0) is 24.6 Å². The minimum Gasteiger partial charge on any atom is -0.384 e. The molecule has 0 fully saturated rings. The number of hydrogen-bond donors (Lipinski definition) is 2. The van der Waals surface area contributed by atoms with Gasteiger partial charge in [0.05, 0.1) is 11.4 Å². The molecule has 8 heteroatoms. The van der Waals surface area contributed by atoms with Crippen LogP contribution in [0.2, 0.25) is 0 Å². The number of nitrogens with one attached hydrogen (secondary N) is 1. The molecule has 0 unspecified atom stereocenters. The van der Waals surface area contributed by atoms with Crippen molar-refractivity contribution in [2.75, 3.05) is 6.61 Å². The smallest absolute Gasteiger partial charge is 0.241 e. The lowest BCUT2D eigenvalue weighted by atomic mass is 10.1. The van der Waals surface area contributed by atoms with Crippen LogP contribution in [-0.2, 0) is 16.6 Å². The van der Waals surface area contributed by atoms with E-state index in [-0.39, 0.29) is 23.9 Å². The lowest BCUT2D eigenvalue weighted by Gasteiger charge is -2.08. The fourth-order valence-corrected chi connectivity index (χ4v) is 2.87. The van der Waals surface area contributed by atoms with Gasteiger partial charge in [0.1, 0.15) is 6.61 Å². The largest absolute Gasteiger partial charge is 0.384 e. The zero-order valence-electron chi connectivity index (χ0n) is 11.2. The van der Waals surface area contributed by atoms with Gasteiger partial charge in [-0.1, -0.05) is 23.1 Å². The maximum atomic E-state index is 12.3. The van der Waals surface area contributed by atoms with Crippen LogP contribution in [-0.4, -0.2) is 30.3 Å². The fraction of sp³-hybridized carbons (Fsp3) is 0.231. The van der Waals surface area contributed by atoms with Gasteiger partial charge < -0.3 is 9.63 Å². The zero-order chi connectivity index (χ0) is 15.3. The Morgan fingerprint density at radius 1 is 1.43 bits per heavy atom. The molecular formula is C13H13N3O4S. The molecule has 1 aromatic carbocycles. The highest BCUT2D eigenvalue weighted by molar-refractivity contribution is 7.89. The van der Waals surface area contributed by atoms with Crippen molar-refractivity contribution >= 4 is 10.0 Å². The summed E-state index contributed by atoms with van der Waals surface area (Å²) >= 11 is 0. The molecule has 0 amide bonds. The quantitative estimate of drug-likeness (QED) is 0.782. The second-order valence-corrected chi connectivity index (χ2v) is 5.85. The third-order valence-electron chi connectivity index (χ3n) is 2.62. The third-order valence-corrected chi connectivity index (χ3v) is 4.16. The van der Waals surface area contributed by atoms with Crippen LogP contribution < -0.4 is 4.72 Å². The third kappa shape index (κ3) is 3.88. The van der Waals surface area contributed by atoms with E-state index in [1.807, 2.05) is 0 Å². The molecule has 21 heavy (non-hydrogen) atoms. The Morgan fingerprint density at radius 2 is 2.24 bits per heavy atom. The Balaban J connectivity index is 2.26. The Kier molecular flexibility index (Phi) is 4.70. The molecule has 110 valence electrons. The number of benzene rings is 1. The van der Waals surface area contributed by atoms with Crippen molar-refractivity contribution < 1.29 is 18.0 Å². The van der Waals surface area contributed by atoms with Gasteiger partial charge in [0.2, 0.25) is 16.4 Å². The standard InChI is InChI=1S/C13H13N3O4S/c1-10-4-5-11(3-2-6-17)7-12(10)21(18,19)15-8-13-14-9-20-16-13/h4-5,7,9,15,17H,6,8H2,1H3. The van der Waals surface area contributed by atoms with E-state index >= 15 is 0 Å². The van der Waals surface area contributed by atoms with Gasteiger partial charge in [-0.15, -0.1) is 0 Å². The second-order valence-electron chi connectivity index (χ2n) is 4.11. The molecule has 0 bridgehead atoms. The Morgan fingerprint density at radius 3 is 2.90 bits per heavy atom. The molecule has 0 radical (unpaired) electrons. The first-order chi connectivity index (χ1) is 10.0. The number of sulfonamides is 1. The molecule has 0 spiro atoms. The average molecular weight is 307 g/mol. The van der Waals surface area contributed by atoms with E-state index in [2.05, 4.69) is 31.2 Å². The summed E-state index contributed by atoms with van der Waals surface area (Å²) in [7, 11) is -3.72. The number of nitrogens with zero attached hydrogens (tertiary/aromatic N) is 2. The van der Waals surface area contributed by atoms with Crippen molar-refractivity contribution in [2.45, 2.75) is 18.4 Å². The number of hydrogen-bond acceptors (Lipinski definition) is 6. The molecule has 0 saturated carbocycles. The van der Waals surface area contributed by atoms with Crippen LogP contribution in [0.15, 0.2) is 34.0 Å². The van der Waals surface area contributed by atoms with Gasteiger partial charge in [0.25, 0.3) is 0 Å². The van der Waals surface area contributed by atoms with Gasteiger partial charge in [-0.25, -0.2) is 13.1 Å². The van der Waals surface area contributed by atoms with Gasteiger partial charge >= 0.3 is 0 Å². The highest BCUT2D eigenvalue weighted by Crippen LogP contribution is 2.16. The predicted molar refractivity (Wildman–Crippen MR) is 73.5 cm³/mol. The summed E-state index contributed by atoms with van der Waals surface area (Å²) in [5, 5.41) is 12.2. The summed E-state index contributed by atoms with van der Waals surface area (Å²) in [5.41, 5.74) is 1.10. The van der Waals surface area contributed by atoms with Gasteiger partial charge in [0.15, 0.2) is 5.82 Å². The van der Waals surface area contributed by atoms with E-state index < -0.39 is 10.0 Å². The molecular weight excluding hydrogens is 294 g/mol. The van der Waals surface area contributed by atoms with Crippen LogP contribution in [0.3, 0.4) is 0 Å². The van der Waals surface area contributed by atoms with Crippen LogP contribution in [0.1, 0.15) is 17.0 Å². The highest BCUT2D eigenvalue weighted by atomic mass is 32.2. The van der Waals surface area contributed by atoms with Crippen molar-refractivity contribution in [1.29, 1.82) is 0 Å². The van der Waals surface area contributed by atoms with Crippen molar-refractivity contribution in [3.63, 3.8) is 0 Å². The van der Waals surface area contributed by atoms with Gasteiger partial charge in [0, 0.05) is 5.56 Å².